The van der Waals surface area contributed by atoms with Crippen molar-refractivity contribution in [2.24, 2.45) is 5.92 Å². The Morgan fingerprint density at radius 1 is 1.42 bits per heavy atom. The molecule has 2 aromatic heterocycles. The average molecular weight is 278 g/mol. The lowest BCUT2D eigenvalue weighted by molar-refractivity contribution is 0.248. The highest BCUT2D eigenvalue weighted by Gasteiger charge is 2.26. The molecule has 0 radical (unpaired) electrons. The SMILES string of the molecule is CNC1CCCCC1Cc1nc(-c2cscn2)no1. The van der Waals surface area contributed by atoms with Crippen molar-refractivity contribution >= 4 is 11.3 Å². The van der Waals surface area contributed by atoms with Gasteiger partial charge in [-0.15, -0.1) is 11.3 Å². The Balaban J connectivity index is 1.69. The van der Waals surface area contributed by atoms with Gasteiger partial charge in [-0.1, -0.05) is 18.0 Å². The molecule has 1 N–H and O–H groups in total. The van der Waals surface area contributed by atoms with Crippen molar-refractivity contribution in [3.05, 3.63) is 16.8 Å². The number of nitrogens with one attached hydrogen (secondary N) is 1. The number of rotatable bonds is 4. The van der Waals surface area contributed by atoms with E-state index in [1.54, 1.807) is 16.8 Å². The van der Waals surface area contributed by atoms with Crippen molar-refractivity contribution in [2.75, 3.05) is 7.05 Å². The van der Waals surface area contributed by atoms with E-state index in [2.05, 4.69) is 20.4 Å². The van der Waals surface area contributed by atoms with Gasteiger partial charge in [-0.05, 0) is 25.8 Å². The summed E-state index contributed by atoms with van der Waals surface area (Å²) in [5, 5.41) is 9.36. The van der Waals surface area contributed by atoms with Crippen molar-refractivity contribution in [3.63, 3.8) is 0 Å². The second kappa shape index (κ2) is 5.79. The Kier molecular flexibility index (Phi) is 3.89. The summed E-state index contributed by atoms with van der Waals surface area (Å²) >= 11 is 1.54. The van der Waals surface area contributed by atoms with Gasteiger partial charge in [0.05, 0.1) is 5.51 Å². The Hall–Kier alpha value is -1.27. The number of aromatic nitrogens is 3. The summed E-state index contributed by atoms with van der Waals surface area (Å²) in [6.07, 6.45) is 5.96. The van der Waals surface area contributed by atoms with Crippen LogP contribution < -0.4 is 5.32 Å². The molecule has 0 saturated heterocycles. The standard InChI is InChI=1S/C13H18N4OS/c1-14-10-5-3-2-4-9(10)6-12-16-13(17-18-12)11-7-19-8-15-11/h7-10,14H,2-6H2,1H3. The third-order valence-corrected chi connectivity index (χ3v) is 4.43. The fourth-order valence-corrected chi connectivity index (χ4v) is 3.35. The molecule has 1 fully saturated rings. The van der Waals surface area contributed by atoms with Gasteiger partial charge in [0.25, 0.3) is 0 Å². The Morgan fingerprint density at radius 3 is 3.11 bits per heavy atom. The maximum absolute atomic E-state index is 5.36. The second-order valence-corrected chi connectivity index (χ2v) is 5.75. The first kappa shape index (κ1) is 12.7. The van der Waals surface area contributed by atoms with Crippen LogP contribution in [0.1, 0.15) is 31.6 Å². The van der Waals surface area contributed by atoms with Crippen molar-refractivity contribution in [2.45, 2.75) is 38.1 Å². The van der Waals surface area contributed by atoms with Crippen LogP contribution in [0.25, 0.3) is 11.5 Å². The van der Waals surface area contributed by atoms with Crippen molar-refractivity contribution < 1.29 is 4.52 Å². The van der Waals surface area contributed by atoms with E-state index in [0.29, 0.717) is 17.8 Å². The summed E-state index contributed by atoms with van der Waals surface area (Å²) in [6, 6.07) is 0.573. The van der Waals surface area contributed by atoms with Gasteiger partial charge in [0.1, 0.15) is 5.69 Å². The molecule has 0 bridgehead atoms. The third-order valence-electron chi connectivity index (χ3n) is 3.85. The number of hydrogen-bond acceptors (Lipinski definition) is 6. The predicted molar refractivity (Wildman–Crippen MR) is 73.9 cm³/mol. The quantitative estimate of drug-likeness (QED) is 0.931. The number of nitrogens with zero attached hydrogens (tertiary/aromatic N) is 3. The van der Waals surface area contributed by atoms with Crippen molar-refractivity contribution in [3.8, 4) is 11.5 Å². The minimum atomic E-state index is 0.573. The van der Waals surface area contributed by atoms with Gasteiger partial charge in [0.2, 0.25) is 11.7 Å². The van der Waals surface area contributed by atoms with Crippen LogP contribution in [-0.4, -0.2) is 28.2 Å². The lowest BCUT2D eigenvalue weighted by Gasteiger charge is -2.30. The zero-order valence-electron chi connectivity index (χ0n) is 11.0. The third kappa shape index (κ3) is 2.84. The molecule has 2 heterocycles. The van der Waals surface area contributed by atoms with Crippen molar-refractivity contribution in [1.29, 1.82) is 0 Å². The average Bonchev–Trinajstić information content (AvgIpc) is 3.09. The number of thiazole rings is 1. The Morgan fingerprint density at radius 2 is 2.32 bits per heavy atom. The molecule has 0 spiro atoms. The van der Waals surface area contributed by atoms with Crippen LogP contribution in [0.4, 0.5) is 0 Å². The molecule has 102 valence electrons. The van der Waals surface area contributed by atoms with Gasteiger partial charge in [0, 0.05) is 17.8 Å². The molecule has 1 aliphatic rings. The van der Waals surface area contributed by atoms with Crippen LogP contribution in [0.15, 0.2) is 15.4 Å². The largest absolute Gasteiger partial charge is 0.339 e. The summed E-state index contributed by atoms with van der Waals surface area (Å²) < 4.78 is 5.36. The first-order valence-electron chi connectivity index (χ1n) is 6.75. The van der Waals surface area contributed by atoms with E-state index in [4.69, 9.17) is 4.52 Å². The predicted octanol–water partition coefficient (Wildman–Crippen LogP) is 2.51. The molecule has 1 aliphatic carbocycles. The zero-order chi connectivity index (χ0) is 13.1. The van der Waals surface area contributed by atoms with Crippen LogP contribution in [0.5, 0.6) is 0 Å². The lowest BCUT2D eigenvalue weighted by atomic mass is 9.82. The normalized spacial score (nSPS) is 23.6. The lowest BCUT2D eigenvalue weighted by Crippen LogP contribution is -2.37. The van der Waals surface area contributed by atoms with E-state index in [0.717, 1.165) is 18.0 Å². The van der Waals surface area contributed by atoms with Gasteiger partial charge >= 0.3 is 0 Å². The van der Waals surface area contributed by atoms with E-state index in [1.807, 2.05) is 12.4 Å². The van der Waals surface area contributed by atoms with Crippen LogP contribution >= 0.6 is 11.3 Å². The molecule has 5 nitrogen and oxygen atoms in total. The molecular weight excluding hydrogens is 260 g/mol. The smallest absolute Gasteiger partial charge is 0.227 e. The molecule has 0 amide bonds. The van der Waals surface area contributed by atoms with Crippen LogP contribution in [0, 0.1) is 5.92 Å². The molecule has 6 heteroatoms. The van der Waals surface area contributed by atoms with E-state index in [-0.39, 0.29) is 0 Å². The zero-order valence-corrected chi connectivity index (χ0v) is 11.8. The van der Waals surface area contributed by atoms with Crippen LogP contribution in [-0.2, 0) is 6.42 Å². The molecule has 1 saturated carbocycles. The monoisotopic (exact) mass is 278 g/mol. The summed E-state index contributed by atoms with van der Waals surface area (Å²) in [5.41, 5.74) is 2.58. The van der Waals surface area contributed by atoms with Gasteiger partial charge in [-0.3, -0.25) is 0 Å². The fraction of sp³-hybridized carbons (Fsp3) is 0.615. The Labute approximate surface area is 116 Å². The second-order valence-electron chi connectivity index (χ2n) is 5.03. The van der Waals surface area contributed by atoms with Gasteiger partial charge in [-0.2, -0.15) is 4.98 Å². The fourth-order valence-electron chi connectivity index (χ4n) is 2.82. The van der Waals surface area contributed by atoms with E-state index < -0.39 is 0 Å². The van der Waals surface area contributed by atoms with Gasteiger partial charge in [0.15, 0.2) is 0 Å². The number of hydrogen-bond donors (Lipinski definition) is 1. The highest BCUT2D eigenvalue weighted by molar-refractivity contribution is 7.07. The van der Waals surface area contributed by atoms with Crippen LogP contribution in [0.3, 0.4) is 0 Å². The summed E-state index contributed by atoms with van der Waals surface area (Å²) in [6.45, 7) is 0. The van der Waals surface area contributed by atoms with Gasteiger partial charge < -0.3 is 9.84 Å². The van der Waals surface area contributed by atoms with Gasteiger partial charge in [-0.25, -0.2) is 4.98 Å². The van der Waals surface area contributed by atoms with E-state index in [1.165, 1.54) is 25.7 Å². The minimum absolute atomic E-state index is 0.573. The van der Waals surface area contributed by atoms with E-state index in [9.17, 15) is 0 Å². The first-order chi connectivity index (χ1) is 9.36. The maximum Gasteiger partial charge on any atom is 0.227 e. The molecule has 2 aromatic rings. The maximum atomic E-state index is 5.36. The molecule has 0 aromatic carbocycles. The Bertz CT molecular complexity index is 510. The topological polar surface area (TPSA) is 63.8 Å². The molecule has 2 unspecified atom stereocenters. The first-order valence-corrected chi connectivity index (χ1v) is 7.69. The highest BCUT2D eigenvalue weighted by Crippen LogP contribution is 2.27. The summed E-state index contributed by atoms with van der Waals surface area (Å²) in [5.74, 6) is 1.94. The molecular formula is C13H18N4OS. The molecule has 19 heavy (non-hydrogen) atoms. The highest BCUT2D eigenvalue weighted by atomic mass is 32.1. The van der Waals surface area contributed by atoms with Crippen LogP contribution in [0.2, 0.25) is 0 Å². The molecule has 2 atom stereocenters. The van der Waals surface area contributed by atoms with Crippen molar-refractivity contribution in [1.82, 2.24) is 20.4 Å². The summed E-state index contributed by atoms with van der Waals surface area (Å²) in [4.78, 5) is 8.65. The molecule has 3 rings (SSSR count). The minimum Gasteiger partial charge on any atom is -0.339 e. The molecule has 0 aliphatic heterocycles. The van der Waals surface area contributed by atoms with E-state index >= 15 is 0 Å². The summed E-state index contributed by atoms with van der Waals surface area (Å²) in [7, 11) is 2.04.